The van der Waals surface area contributed by atoms with Crippen LogP contribution in [0.25, 0.3) is 0 Å². The molecule has 31 heavy (non-hydrogen) atoms. The van der Waals surface area contributed by atoms with Crippen LogP contribution >= 0.6 is 11.6 Å². The lowest BCUT2D eigenvalue weighted by atomic mass is 10.0. The summed E-state index contributed by atoms with van der Waals surface area (Å²) >= 11 is 6.16. The maximum atomic E-state index is 13.3. The van der Waals surface area contributed by atoms with Gasteiger partial charge in [-0.25, -0.2) is 0 Å². The lowest BCUT2D eigenvalue weighted by molar-refractivity contribution is -0.119. The first-order valence-corrected chi connectivity index (χ1v) is 10.0. The zero-order chi connectivity index (χ0) is 22.0. The summed E-state index contributed by atoms with van der Waals surface area (Å²) in [6.45, 7) is 0. The molecule has 0 aliphatic carbocycles. The number of amides is 3. The average molecular weight is 435 g/mol. The molecule has 3 amide bonds. The van der Waals surface area contributed by atoms with Crippen LogP contribution in [0.15, 0.2) is 72.8 Å². The molecule has 156 valence electrons. The molecule has 0 spiro atoms. The van der Waals surface area contributed by atoms with Gasteiger partial charge in [0.15, 0.2) is 0 Å². The van der Waals surface area contributed by atoms with Crippen LogP contribution in [0, 0.1) is 0 Å². The Morgan fingerprint density at radius 1 is 0.968 bits per heavy atom. The van der Waals surface area contributed by atoms with Crippen LogP contribution in [0.5, 0.6) is 5.75 Å². The van der Waals surface area contributed by atoms with Crippen molar-refractivity contribution < 1.29 is 19.1 Å². The van der Waals surface area contributed by atoms with Gasteiger partial charge in [-0.2, -0.15) is 0 Å². The molecule has 3 aromatic carbocycles. The number of benzene rings is 3. The number of fused-ring (bicyclic) bond motifs is 1. The Morgan fingerprint density at radius 2 is 1.58 bits per heavy atom. The molecule has 1 N–H and O–H groups in total. The molecular formula is C24H19ClN2O4. The Labute approximate surface area is 184 Å². The Hall–Kier alpha value is -3.64. The molecule has 1 aliphatic heterocycles. The fourth-order valence-corrected chi connectivity index (χ4v) is 3.86. The summed E-state index contributed by atoms with van der Waals surface area (Å²) in [4.78, 5) is 40.4. The molecule has 7 heteroatoms. The second-order valence-corrected chi connectivity index (χ2v) is 7.48. The fraction of sp³-hybridized carbons (Fsp3) is 0.125. The monoisotopic (exact) mass is 434 g/mol. The van der Waals surface area contributed by atoms with E-state index in [1.54, 1.807) is 42.5 Å². The topological polar surface area (TPSA) is 75.7 Å². The van der Waals surface area contributed by atoms with Gasteiger partial charge in [-0.05, 0) is 35.9 Å². The Balaban J connectivity index is 1.66. The smallest absolute Gasteiger partial charge is 0.262 e. The van der Waals surface area contributed by atoms with Crippen LogP contribution in [0.4, 0.5) is 5.69 Å². The van der Waals surface area contributed by atoms with Gasteiger partial charge in [0.2, 0.25) is 5.91 Å². The quantitative estimate of drug-likeness (QED) is 0.590. The standard InChI is InChI=1S/C24H19ClN2O4/c1-31-21-12-11-16(14-19(21)25)26-22(28)20(13-15-7-3-2-4-8-15)27-23(29)17-9-5-6-10-18(17)24(27)30/h2-12,14,20H,13H2,1H3,(H,26,28). The second-order valence-electron chi connectivity index (χ2n) is 7.07. The lowest BCUT2D eigenvalue weighted by Crippen LogP contribution is -2.48. The van der Waals surface area contributed by atoms with Crippen LogP contribution in [0.1, 0.15) is 26.3 Å². The van der Waals surface area contributed by atoms with Crippen molar-refractivity contribution in [1.82, 2.24) is 4.90 Å². The number of hydrogen-bond acceptors (Lipinski definition) is 4. The number of imide groups is 1. The van der Waals surface area contributed by atoms with Crippen molar-refractivity contribution in [2.24, 2.45) is 0 Å². The minimum Gasteiger partial charge on any atom is -0.495 e. The maximum absolute atomic E-state index is 13.3. The second kappa shape index (κ2) is 8.62. The molecule has 0 saturated heterocycles. The highest BCUT2D eigenvalue weighted by molar-refractivity contribution is 6.32. The minimum absolute atomic E-state index is 0.183. The molecule has 4 rings (SSSR count). The van der Waals surface area contributed by atoms with Gasteiger partial charge in [0.1, 0.15) is 11.8 Å². The van der Waals surface area contributed by atoms with E-state index < -0.39 is 23.8 Å². The van der Waals surface area contributed by atoms with Gasteiger partial charge in [-0.15, -0.1) is 0 Å². The number of nitrogens with zero attached hydrogens (tertiary/aromatic N) is 1. The minimum atomic E-state index is -1.03. The van der Waals surface area contributed by atoms with E-state index in [-0.39, 0.29) is 6.42 Å². The summed E-state index contributed by atoms with van der Waals surface area (Å²) in [6.07, 6.45) is 0.183. The van der Waals surface area contributed by atoms with E-state index in [9.17, 15) is 14.4 Å². The molecule has 1 unspecified atom stereocenters. The average Bonchev–Trinajstić information content (AvgIpc) is 3.03. The number of carbonyl (C=O) groups excluding carboxylic acids is 3. The molecule has 0 aromatic heterocycles. The largest absolute Gasteiger partial charge is 0.495 e. The SMILES string of the molecule is COc1ccc(NC(=O)C(Cc2ccccc2)N2C(=O)c3ccccc3C2=O)cc1Cl. The van der Waals surface area contributed by atoms with Crippen molar-refractivity contribution in [2.45, 2.75) is 12.5 Å². The van der Waals surface area contributed by atoms with Crippen LogP contribution in [-0.4, -0.2) is 35.8 Å². The molecule has 0 bridgehead atoms. The summed E-state index contributed by atoms with van der Waals surface area (Å²) in [6, 6.07) is 19.6. The molecule has 1 aliphatic rings. The highest BCUT2D eigenvalue weighted by Gasteiger charge is 2.42. The van der Waals surface area contributed by atoms with E-state index in [0.29, 0.717) is 27.6 Å². The van der Waals surface area contributed by atoms with Crippen molar-refractivity contribution in [2.75, 3.05) is 12.4 Å². The summed E-state index contributed by atoms with van der Waals surface area (Å²) in [7, 11) is 1.50. The first kappa shape index (κ1) is 20.6. The van der Waals surface area contributed by atoms with E-state index in [0.717, 1.165) is 10.5 Å². The van der Waals surface area contributed by atoms with E-state index in [4.69, 9.17) is 16.3 Å². The molecule has 0 fully saturated rings. The van der Waals surface area contributed by atoms with Crippen molar-refractivity contribution in [3.63, 3.8) is 0 Å². The van der Waals surface area contributed by atoms with Crippen molar-refractivity contribution in [1.29, 1.82) is 0 Å². The molecule has 0 radical (unpaired) electrons. The van der Waals surface area contributed by atoms with E-state index in [2.05, 4.69) is 5.32 Å². The first-order valence-electron chi connectivity index (χ1n) is 9.65. The maximum Gasteiger partial charge on any atom is 0.262 e. The molecule has 0 saturated carbocycles. The van der Waals surface area contributed by atoms with E-state index in [1.165, 1.54) is 7.11 Å². The number of hydrogen-bond donors (Lipinski definition) is 1. The molecular weight excluding hydrogens is 416 g/mol. The lowest BCUT2D eigenvalue weighted by Gasteiger charge is -2.25. The first-order chi connectivity index (χ1) is 15.0. The van der Waals surface area contributed by atoms with E-state index in [1.807, 2.05) is 30.3 Å². The summed E-state index contributed by atoms with van der Waals surface area (Å²) in [5, 5.41) is 3.11. The summed E-state index contributed by atoms with van der Waals surface area (Å²) in [5.74, 6) is -0.977. The van der Waals surface area contributed by atoms with Crippen LogP contribution in [0.3, 0.4) is 0 Å². The Kier molecular flexibility index (Phi) is 5.73. The molecule has 3 aromatic rings. The third-order valence-corrected chi connectivity index (χ3v) is 5.43. The van der Waals surface area contributed by atoms with Crippen molar-refractivity contribution in [3.05, 3.63) is 94.5 Å². The normalized spacial score (nSPS) is 13.7. The van der Waals surface area contributed by atoms with E-state index >= 15 is 0 Å². The predicted octanol–water partition coefficient (Wildman–Crippen LogP) is 4.19. The van der Waals surface area contributed by atoms with Gasteiger partial charge in [0.05, 0.1) is 23.3 Å². The summed E-state index contributed by atoms with van der Waals surface area (Å²) in [5.41, 5.74) is 1.86. The number of ether oxygens (including phenoxy) is 1. The van der Waals surface area contributed by atoms with Crippen molar-refractivity contribution in [3.8, 4) is 5.75 Å². The number of nitrogens with one attached hydrogen (secondary N) is 1. The zero-order valence-corrected chi connectivity index (χ0v) is 17.4. The number of carbonyl (C=O) groups is 3. The van der Waals surface area contributed by atoms with Gasteiger partial charge in [0.25, 0.3) is 11.8 Å². The number of anilines is 1. The van der Waals surface area contributed by atoms with Gasteiger partial charge in [0, 0.05) is 12.1 Å². The fourth-order valence-electron chi connectivity index (χ4n) is 3.60. The predicted molar refractivity (Wildman–Crippen MR) is 118 cm³/mol. The number of halogens is 1. The highest BCUT2D eigenvalue weighted by Crippen LogP contribution is 2.29. The molecule has 6 nitrogen and oxygen atoms in total. The third kappa shape index (κ3) is 4.02. The zero-order valence-electron chi connectivity index (χ0n) is 16.7. The third-order valence-electron chi connectivity index (χ3n) is 5.13. The number of rotatable bonds is 6. The van der Waals surface area contributed by atoms with Gasteiger partial charge >= 0.3 is 0 Å². The van der Waals surface area contributed by atoms with Gasteiger partial charge in [-0.1, -0.05) is 54.1 Å². The molecule has 1 heterocycles. The summed E-state index contributed by atoms with van der Waals surface area (Å²) < 4.78 is 5.13. The van der Waals surface area contributed by atoms with Gasteiger partial charge in [-0.3, -0.25) is 19.3 Å². The van der Waals surface area contributed by atoms with Crippen LogP contribution in [0.2, 0.25) is 5.02 Å². The Morgan fingerprint density at radius 3 is 2.16 bits per heavy atom. The van der Waals surface area contributed by atoms with Gasteiger partial charge < -0.3 is 10.1 Å². The Bertz CT molecular complexity index is 1130. The van der Waals surface area contributed by atoms with Crippen LogP contribution in [-0.2, 0) is 11.2 Å². The number of methoxy groups -OCH3 is 1. The van der Waals surface area contributed by atoms with Crippen LogP contribution < -0.4 is 10.1 Å². The molecule has 1 atom stereocenters. The highest BCUT2D eigenvalue weighted by atomic mass is 35.5. The van der Waals surface area contributed by atoms with Crippen molar-refractivity contribution >= 4 is 35.0 Å².